The number of nitrogens with zero attached hydrogens (tertiary/aromatic N) is 4. The molecule has 0 saturated heterocycles. The average Bonchev–Trinajstić information content (AvgIpc) is 2.38. The molecule has 0 bridgehead atoms. The molecule has 1 aromatic heterocycles. The van der Waals surface area contributed by atoms with E-state index in [0.717, 1.165) is 31.6 Å². The molecule has 5 heteroatoms. The van der Waals surface area contributed by atoms with Crippen LogP contribution < -0.4 is 5.73 Å². The Morgan fingerprint density at radius 1 is 1.45 bits per heavy atom. The molecule has 1 aromatic rings. The highest BCUT2D eigenvalue weighted by Crippen LogP contribution is 2.08. The molecule has 1 atom stereocenters. The Kier molecular flexibility index (Phi) is 1.58. The molecule has 1 aliphatic heterocycles. The first-order valence-electron chi connectivity index (χ1n) is 3.87. The lowest BCUT2D eigenvalue weighted by atomic mass is 10.1. The van der Waals surface area contributed by atoms with Gasteiger partial charge < -0.3 is 5.73 Å². The zero-order valence-electron chi connectivity index (χ0n) is 6.27. The van der Waals surface area contributed by atoms with Gasteiger partial charge in [-0.15, -0.1) is 5.10 Å². The van der Waals surface area contributed by atoms with Crippen molar-refractivity contribution in [2.45, 2.75) is 31.8 Å². The fraction of sp³-hybridized carbons (Fsp3) is 0.833. The Hall–Kier alpha value is -0.970. The van der Waals surface area contributed by atoms with Crippen molar-refractivity contribution in [1.29, 1.82) is 0 Å². The molecule has 1 aliphatic rings. The highest BCUT2D eigenvalue weighted by Gasteiger charge is 2.14. The van der Waals surface area contributed by atoms with Gasteiger partial charge >= 0.3 is 0 Å². The molecule has 1 unspecified atom stereocenters. The molecule has 0 amide bonds. The number of rotatable bonds is 0. The standard InChI is InChI=1S/C6H11N5/c7-5-1-2-6-8-9-10-11(6)4-3-5/h5H,1-4,7H2. The highest BCUT2D eigenvalue weighted by molar-refractivity contribution is 4.85. The van der Waals surface area contributed by atoms with E-state index in [-0.39, 0.29) is 0 Å². The molecule has 2 rings (SSSR count). The van der Waals surface area contributed by atoms with Crippen molar-refractivity contribution in [2.24, 2.45) is 5.73 Å². The molecule has 0 radical (unpaired) electrons. The van der Waals surface area contributed by atoms with E-state index in [2.05, 4.69) is 15.5 Å². The molecule has 2 heterocycles. The quantitative estimate of drug-likeness (QED) is 0.537. The normalized spacial score (nSPS) is 24.3. The smallest absolute Gasteiger partial charge is 0.151 e. The summed E-state index contributed by atoms with van der Waals surface area (Å²) in [4.78, 5) is 0. The molecule has 0 fully saturated rings. The Morgan fingerprint density at radius 3 is 3.27 bits per heavy atom. The molecule has 0 spiro atoms. The van der Waals surface area contributed by atoms with E-state index in [1.54, 1.807) is 0 Å². The molecule has 0 aliphatic carbocycles. The Morgan fingerprint density at radius 2 is 2.36 bits per heavy atom. The van der Waals surface area contributed by atoms with Gasteiger partial charge in [0.2, 0.25) is 0 Å². The van der Waals surface area contributed by atoms with E-state index < -0.39 is 0 Å². The number of nitrogens with two attached hydrogens (primary N) is 1. The molecule has 5 nitrogen and oxygen atoms in total. The third-order valence-corrected chi connectivity index (χ3v) is 2.06. The SMILES string of the molecule is NC1CCc2nnnn2CC1. The molecule has 0 aromatic carbocycles. The van der Waals surface area contributed by atoms with Crippen LogP contribution in [-0.2, 0) is 13.0 Å². The predicted octanol–water partition coefficient (Wildman–Crippen LogP) is -0.663. The summed E-state index contributed by atoms with van der Waals surface area (Å²) in [5, 5.41) is 11.3. The summed E-state index contributed by atoms with van der Waals surface area (Å²) in [7, 11) is 0. The summed E-state index contributed by atoms with van der Waals surface area (Å²) in [6.45, 7) is 0.865. The number of hydrogen-bond donors (Lipinski definition) is 1. The summed E-state index contributed by atoms with van der Waals surface area (Å²) in [5.74, 6) is 0.970. The van der Waals surface area contributed by atoms with Crippen LogP contribution in [0.15, 0.2) is 0 Å². The molecular weight excluding hydrogens is 142 g/mol. The van der Waals surface area contributed by atoms with Crippen LogP contribution in [0.25, 0.3) is 0 Å². The van der Waals surface area contributed by atoms with E-state index in [1.165, 1.54) is 0 Å². The number of aromatic nitrogens is 4. The van der Waals surface area contributed by atoms with Crippen LogP contribution in [0.3, 0.4) is 0 Å². The summed E-state index contributed by atoms with van der Waals surface area (Å²) >= 11 is 0. The Bertz CT molecular complexity index is 220. The summed E-state index contributed by atoms with van der Waals surface area (Å²) in [6.07, 6.45) is 2.90. The lowest BCUT2D eigenvalue weighted by Gasteiger charge is -2.03. The second-order valence-electron chi connectivity index (χ2n) is 2.91. The van der Waals surface area contributed by atoms with Crippen molar-refractivity contribution in [1.82, 2.24) is 20.2 Å². The first-order chi connectivity index (χ1) is 5.36. The topological polar surface area (TPSA) is 69.6 Å². The van der Waals surface area contributed by atoms with Gasteiger partial charge in [0.15, 0.2) is 5.82 Å². The highest BCUT2D eigenvalue weighted by atomic mass is 15.5. The maximum atomic E-state index is 5.78. The molecule has 2 N–H and O–H groups in total. The van der Waals surface area contributed by atoms with Crippen molar-refractivity contribution >= 4 is 0 Å². The zero-order chi connectivity index (χ0) is 7.68. The molecular formula is C6H11N5. The second kappa shape index (κ2) is 2.58. The molecule has 0 saturated carbocycles. The van der Waals surface area contributed by atoms with Crippen molar-refractivity contribution < 1.29 is 0 Å². The summed E-state index contributed by atoms with van der Waals surface area (Å²) in [6, 6.07) is 0.304. The average molecular weight is 153 g/mol. The number of tetrazole rings is 1. The van der Waals surface area contributed by atoms with Crippen LogP contribution in [-0.4, -0.2) is 26.2 Å². The number of aryl methyl sites for hydroxylation is 2. The van der Waals surface area contributed by atoms with Crippen LogP contribution in [0.4, 0.5) is 0 Å². The van der Waals surface area contributed by atoms with Crippen LogP contribution in [0.2, 0.25) is 0 Å². The van der Waals surface area contributed by atoms with Gasteiger partial charge in [-0.25, -0.2) is 4.68 Å². The van der Waals surface area contributed by atoms with E-state index in [1.807, 2.05) is 4.68 Å². The largest absolute Gasteiger partial charge is 0.328 e. The van der Waals surface area contributed by atoms with E-state index in [0.29, 0.717) is 6.04 Å². The first-order valence-corrected chi connectivity index (χ1v) is 3.87. The molecule has 11 heavy (non-hydrogen) atoms. The predicted molar refractivity (Wildman–Crippen MR) is 38.7 cm³/mol. The van der Waals surface area contributed by atoms with Crippen LogP contribution in [0, 0.1) is 0 Å². The van der Waals surface area contributed by atoms with Crippen molar-refractivity contribution in [3.63, 3.8) is 0 Å². The monoisotopic (exact) mass is 153 g/mol. The van der Waals surface area contributed by atoms with E-state index in [4.69, 9.17) is 5.73 Å². The van der Waals surface area contributed by atoms with Crippen molar-refractivity contribution in [3.8, 4) is 0 Å². The zero-order valence-corrected chi connectivity index (χ0v) is 6.27. The molecule has 60 valence electrons. The van der Waals surface area contributed by atoms with Gasteiger partial charge in [0.05, 0.1) is 0 Å². The summed E-state index contributed by atoms with van der Waals surface area (Å²) in [5.41, 5.74) is 5.78. The maximum Gasteiger partial charge on any atom is 0.151 e. The van der Waals surface area contributed by atoms with E-state index >= 15 is 0 Å². The van der Waals surface area contributed by atoms with Crippen LogP contribution in [0.5, 0.6) is 0 Å². The van der Waals surface area contributed by atoms with Gasteiger partial charge in [0, 0.05) is 19.0 Å². The first kappa shape index (κ1) is 6.72. The van der Waals surface area contributed by atoms with Crippen molar-refractivity contribution in [2.75, 3.05) is 0 Å². The minimum Gasteiger partial charge on any atom is -0.328 e. The summed E-state index contributed by atoms with van der Waals surface area (Å²) < 4.78 is 1.84. The lowest BCUT2D eigenvalue weighted by molar-refractivity contribution is 0.515. The van der Waals surface area contributed by atoms with Gasteiger partial charge in [-0.2, -0.15) is 0 Å². The second-order valence-corrected chi connectivity index (χ2v) is 2.91. The van der Waals surface area contributed by atoms with Crippen LogP contribution in [0.1, 0.15) is 18.7 Å². The minimum atomic E-state index is 0.304. The maximum absolute atomic E-state index is 5.78. The van der Waals surface area contributed by atoms with Gasteiger partial charge in [0.25, 0.3) is 0 Å². The Balaban J connectivity index is 2.20. The van der Waals surface area contributed by atoms with Crippen LogP contribution >= 0.6 is 0 Å². The Labute approximate surface area is 64.6 Å². The van der Waals surface area contributed by atoms with Gasteiger partial charge in [-0.3, -0.25) is 0 Å². The third-order valence-electron chi connectivity index (χ3n) is 2.06. The van der Waals surface area contributed by atoms with E-state index in [9.17, 15) is 0 Å². The minimum absolute atomic E-state index is 0.304. The third kappa shape index (κ3) is 1.23. The van der Waals surface area contributed by atoms with Gasteiger partial charge in [-0.05, 0) is 23.3 Å². The van der Waals surface area contributed by atoms with Gasteiger partial charge in [0.1, 0.15) is 0 Å². The van der Waals surface area contributed by atoms with Crippen molar-refractivity contribution in [3.05, 3.63) is 5.82 Å². The van der Waals surface area contributed by atoms with Gasteiger partial charge in [-0.1, -0.05) is 0 Å². The lowest BCUT2D eigenvalue weighted by Crippen LogP contribution is -2.20. The fourth-order valence-corrected chi connectivity index (χ4v) is 1.32. The number of fused-ring (bicyclic) bond motifs is 1. The number of hydrogen-bond acceptors (Lipinski definition) is 4. The fourth-order valence-electron chi connectivity index (χ4n) is 1.32.